The van der Waals surface area contributed by atoms with Gasteiger partial charge in [0.2, 0.25) is 11.8 Å². The number of aliphatic hydroxyl groups excluding tert-OH is 1. The molecule has 164 valence electrons. The summed E-state index contributed by atoms with van der Waals surface area (Å²) in [6.07, 6.45) is 8.15. The molecule has 0 saturated heterocycles. The highest BCUT2D eigenvalue weighted by atomic mass is 16.4. The van der Waals surface area contributed by atoms with E-state index in [2.05, 4.69) is 22.4 Å². The molecular formula is C26H32N2O3. The van der Waals surface area contributed by atoms with Gasteiger partial charge in [-0.05, 0) is 42.9 Å². The number of fused-ring (bicyclic) bond motifs is 1. The molecule has 0 aliphatic heterocycles. The Morgan fingerprint density at radius 2 is 1.81 bits per heavy atom. The lowest BCUT2D eigenvalue weighted by molar-refractivity contribution is -0.123. The molecule has 1 amide bonds. The Hall–Kier alpha value is -2.66. The summed E-state index contributed by atoms with van der Waals surface area (Å²) in [5, 5.41) is 14.1. The van der Waals surface area contributed by atoms with Gasteiger partial charge < -0.3 is 14.8 Å². The van der Waals surface area contributed by atoms with Crippen LogP contribution in [0.25, 0.3) is 11.1 Å². The Morgan fingerprint density at radius 1 is 1.06 bits per heavy atom. The number of nitrogens with one attached hydrogen (secondary N) is 1. The van der Waals surface area contributed by atoms with E-state index in [0.29, 0.717) is 29.9 Å². The van der Waals surface area contributed by atoms with Crippen LogP contribution in [0.5, 0.6) is 0 Å². The van der Waals surface area contributed by atoms with Gasteiger partial charge in [-0.1, -0.05) is 74.6 Å². The van der Waals surface area contributed by atoms with Gasteiger partial charge in [0.15, 0.2) is 11.7 Å². The van der Waals surface area contributed by atoms with Gasteiger partial charge in [-0.25, -0.2) is 4.98 Å². The second-order valence-corrected chi connectivity index (χ2v) is 8.71. The molecule has 1 fully saturated rings. The molecular weight excluding hydrogens is 388 g/mol. The van der Waals surface area contributed by atoms with E-state index in [0.717, 1.165) is 12.8 Å². The van der Waals surface area contributed by atoms with E-state index in [4.69, 9.17) is 4.42 Å². The second-order valence-electron chi connectivity index (χ2n) is 8.71. The smallest absolute Gasteiger partial charge is 0.226 e. The van der Waals surface area contributed by atoms with Gasteiger partial charge in [-0.3, -0.25) is 4.79 Å². The third-order valence-electron chi connectivity index (χ3n) is 6.38. The van der Waals surface area contributed by atoms with Crippen molar-refractivity contribution in [3.05, 3.63) is 66.1 Å². The van der Waals surface area contributed by atoms with E-state index in [1.807, 2.05) is 42.5 Å². The van der Waals surface area contributed by atoms with Crippen LogP contribution in [0, 0.1) is 5.92 Å². The predicted molar refractivity (Wildman–Crippen MR) is 121 cm³/mol. The van der Waals surface area contributed by atoms with E-state index < -0.39 is 12.1 Å². The van der Waals surface area contributed by atoms with Gasteiger partial charge in [-0.2, -0.15) is 0 Å². The molecule has 1 aliphatic rings. The fourth-order valence-electron chi connectivity index (χ4n) is 4.55. The number of hydrogen-bond donors (Lipinski definition) is 2. The molecule has 5 heteroatoms. The van der Waals surface area contributed by atoms with E-state index in [1.54, 1.807) is 0 Å². The Bertz CT molecular complexity index is 930. The molecule has 5 nitrogen and oxygen atoms in total. The first-order chi connectivity index (χ1) is 15.2. The summed E-state index contributed by atoms with van der Waals surface area (Å²) < 4.78 is 5.79. The standard InChI is InChI=1S/C26H32N2O3/c29-24(18-16-20-11-5-2-6-12-20)27-22(17-15-19-9-3-1-4-10-19)25(30)26-28-21-13-7-8-14-23(21)31-26/h1,3-4,7-10,13-14,20,22,25,30H,2,5-6,11-12,15-18H2,(H,27,29)/t22-,25-/m0/s1. The second kappa shape index (κ2) is 10.6. The average molecular weight is 421 g/mol. The molecule has 2 atom stereocenters. The summed E-state index contributed by atoms with van der Waals surface area (Å²) in [5.41, 5.74) is 2.53. The maximum atomic E-state index is 12.7. The van der Waals surface area contributed by atoms with Crippen molar-refractivity contribution >= 4 is 17.0 Å². The highest BCUT2D eigenvalue weighted by Gasteiger charge is 2.27. The molecule has 0 bridgehead atoms. The van der Waals surface area contributed by atoms with E-state index >= 15 is 0 Å². The molecule has 0 radical (unpaired) electrons. The van der Waals surface area contributed by atoms with Crippen LogP contribution in [0.1, 0.15) is 68.9 Å². The summed E-state index contributed by atoms with van der Waals surface area (Å²) in [6, 6.07) is 17.1. The topological polar surface area (TPSA) is 75.4 Å². The van der Waals surface area contributed by atoms with Crippen molar-refractivity contribution in [3.63, 3.8) is 0 Å². The van der Waals surface area contributed by atoms with Crippen molar-refractivity contribution in [1.29, 1.82) is 0 Å². The molecule has 0 unspecified atom stereocenters. The molecule has 1 saturated carbocycles. The number of amides is 1. The minimum absolute atomic E-state index is 0.00111. The number of benzene rings is 2. The van der Waals surface area contributed by atoms with Crippen LogP contribution < -0.4 is 5.32 Å². The lowest BCUT2D eigenvalue weighted by Gasteiger charge is -2.24. The van der Waals surface area contributed by atoms with Gasteiger partial charge in [0.25, 0.3) is 0 Å². The first-order valence-electron chi connectivity index (χ1n) is 11.6. The molecule has 4 rings (SSSR count). The number of nitrogens with zero attached hydrogens (tertiary/aromatic N) is 1. The van der Waals surface area contributed by atoms with Crippen LogP contribution in [0.4, 0.5) is 0 Å². The summed E-state index contributed by atoms with van der Waals surface area (Å²) in [7, 11) is 0. The number of para-hydroxylation sites is 2. The van der Waals surface area contributed by atoms with Crippen molar-refractivity contribution < 1.29 is 14.3 Å². The Labute approximate surface area is 183 Å². The van der Waals surface area contributed by atoms with E-state index in [1.165, 1.54) is 37.7 Å². The number of hydrogen-bond acceptors (Lipinski definition) is 4. The van der Waals surface area contributed by atoms with Crippen molar-refractivity contribution in [1.82, 2.24) is 10.3 Å². The lowest BCUT2D eigenvalue weighted by atomic mass is 9.86. The van der Waals surface area contributed by atoms with Gasteiger partial charge >= 0.3 is 0 Å². The third kappa shape index (κ3) is 5.95. The molecule has 31 heavy (non-hydrogen) atoms. The number of aryl methyl sites for hydroxylation is 1. The zero-order valence-corrected chi connectivity index (χ0v) is 18.0. The van der Waals surface area contributed by atoms with Crippen LogP contribution in [0.3, 0.4) is 0 Å². The molecule has 2 aromatic carbocycles. The summed E-state index contributed by atoms with van der Waals surface area (Å²) in [4.78, 5) is 17.2. The van der Waals surface area contributed by atoms with E-state index in [9.17, 15) is 9.90 Å². The fourth-order valence-corrected chi connectivity index (χ4v) is 4.55. The molecule has 1 aromatic heterocycles. The largest absolute Gasteiger partial charge is 0.438 e. The lowest BCUT2D eigenvalue weighted by Crippen LogP contribution is -2.40. The fraction of sp³-hybridized carbons (Fsp3) is 0.462. The maximum Gasteiger partial charge on any atom is 0.226 e. The zero-order chi connectivity index (χ0) is 21.5. The Morgan fingerprint density at radius 3 is 2.58 bits per heavy atom. The molecule has 1 aliphatic carbocycles. The monoisotopic (exact) mass is 420 g/mol. The van der Waals surface area contributed by atoms with Gasteiger partial charge in [0.05, 0.1) is 6.04 Å². The van der Waals surface area contributed by atoms with Crippen LogP contribution in [-0.4, -0.2) is 22.0 Å². The molecule has 1 heterocycles. The number of oxazole rings is 1. The summed E-state index contributed by atoms with van der Waals surface area (Å²) in [5.74, 6) is 0.912. The number of aliphatic hydroxyl groups is 1. The van der Waals surface area contributed by atoms with Crippen molar-refractivity contribution in [2.24, 2.45) is 5.92 Å². The predicted octanol–water partition coefficient (Wildman–Crippen LogP) is 5.34. The van der Waals surface area contributed by atoms with Crippen LogP contribution >= 0.6 is 0 Å². The first kappa shape index (κ1) is 21.6. The number of rotatable bonds is 9. The molecule has 2 N–H and O–H groups in total. The average Bonchev–Trinajstić information content (AvgIpc) is 3.26. The minimum atomic E-state index is -0.991. The third-order valence-corrected chi connectivity index (χ3v) is 6.38. The minimum Gasteiger partial charge on any atom is -0.438 e. The van der Waals surface area contributed by atoms with Crippen molar-refractivity contribution in [3.8, 4) is 0 Å². The van der Waals surface area contributed by atoms with E-state index in [-0.39, 0.29) is 11.8 Å². The Balaban J connectivity index is 1.42. The van der Waals surface area contributed by atoms with Gasteiger partial charge in [0.1, 0.15) is 5.52 Å². The van der Waals surface area contributed by atoms with Crippen LogP contribution in [-0.2, 0) is 11.2 Å². The zero-order valence-electron chi connectivity index (χ0n) is 18.0. The number of carbonyl (C=O) groups excluding carboxylic acids is 1. The van der Waals surface area contributed by atoms with Crippen LogP contribution in [0.15, 0.2) is 59.0 Å². The van der Waals surface area contributed by atoms with Crippen molar-refractivity contribution in [2.45, 2.75) is 69.9 Å². The number of aromatic nitrogens is 1. The number of carbonyl (C=O) groups is 1. The molecule has 3 aromatic rings. The van der Waals surface area contributed by atoms with Gasteiger partial charge in [0, 0.05) is 6.42 Å². The normalized spacial score (nSPS) is 16.8. The quantitative estimate of drug-likeness (QED) is 0.490. The van der Waals surface area contributed by atoms with Crippen LogP contribution in [0.2, 0.25) is 0 Å². The SMILES string of the molecule is O=C(CCC1CCCCC1)N[C@@H](CCc1ccccc1)[C@H](O)c1nc2ccccc2o1. The summed E-state index contributed by atoms with van der Waals surface area (Å²) in [6.45, 7) is 0. The highest BCUT2D eigenvalue weighted by molar-refractivity contribution is 5.76. The highest BCUT2D eigenvalue weighted by Crippen LogP contribution is 2.28. The first-order valence-corrected chi connectivity index (χ1v) is 11.6. The Kier molecular flexibility index (Phi) is 7.36. The maximum absolute atomic E-state index is 12.7. The van der Waals surface area contributed by atoms with Crippen molar-refractivity contribution in [2.75, 3.05) is 0 Å². The molecule has 0 spiro atoms. The summed E-state index contributed by atoms with van der Waals surface area (Å²) >= 11 is 0. The van der Waals surface area contributed by atoms with Gasteiger partial charge in [-0.15, -0.1) is 0 Å².